The minimum Gasteiger partial charge on any atom is -0.451 e. The van der Waals surface area contributed by atoms with Crippen LogP contribution in [0.1, 0.15) is 36.8 Å². The third-order valence-corrected chi connectivity index (χ3v) is 5.99. The summed E-state index contributed by atoms with van der Waals surface area (Å²) in [5.74, 6) is -1.12. The first-order chi connectivity index (χ1) is 19.1. The molecule has 0 aliphatic carbocycles. The molecule has 1 aliphatic heterocycles. The molecule has 1 aliphatic rings. The molecule has 2 amide bonds. The maximum atomic E-state index is 12.8. The summed E-state index contributed by atoms with van der Waals surface area (Å²) in [6, 6.07) is 20.1. The van der Waals surface area contributed by atoms with Crippen LogP contribution in [0.5, 0.6) is 0 Å². The average Bonchev–Trinajstić information content (AvgIpc) is 3.54. The van der Waals surface area contributed by atoms with Crippen LogP contribution in [0.3, 0.4) is 0 Å². The third kappa shape index (κ3) is 6.37. The van der Waals surface area contributed by atoms with Crippen molar-refractivity contribution in [3.8, 4) is 0 Å². The average molecular weight is 524 g/mol. The van der Waals surface area contributed by atoms with Crippen molar-refractivity contribution in [3.63, 3.8) is 0 Å². The van der Waals surface area contributed by atoms with E-state index >= 15 is 0 Å². The number of carbonyl (C=O) groups excluding carboxylic acids is 3. The lowest BCUT2D eigenvalue weighted by atomic mass is 10.0. The Bertz CT molecular complexity index is 1520. The molecule has 0 radical (unpaired) electrons. The number of carbonyl (C=O) groups is 3. The molecule has 1 aromatic heterocycles. The van der Waals surface area contributed by atoms with Gasteiger partial charge < -0.3 is 19.4 Å². The molecule has 3 aromatic carbocycles. The van der Waals surface area contributed by atoms with E-state index < -0.39 is 11.8 Å². The topological polar surface area (TPSA) is 141 Å². The highest BCUT2D eigenvalue weighted by Crippen LogP contribution is 2.19. The molecule has 1 N–H and O–H groups in total. The van der Waals surface area contributed by atoms with E-state index in [1.165, 1.54) is 12.7 Å². The van der Waals surface area contributed by atoms with Gasteiger partial charge in [-0.1, -0.05) is 0 Å². The number of ether oxygens (including phenoxy) is 1. The van der Waals surface area contributed by atoms with Crippen LogP contribution in [0.2, 0.25) is 0 Å². The Hall–Kier alpha value is -5.25. The Morgan fingerprint density at radius 2 is 1.49 bits per heavy atom. The molecule has 4 aromatic rings. The van der Waals surface area contributed by atoms with Crippen molar-refractivity contribution in [2.24, 2.45) is 10.2 Å². The predicted octanol–water partition coefficient (Wildman–Crippen LogP) is 4.44. The molecule has 11 heteroatoms. The van der Waals surface area contributed by atoms with Crippen molar-refractivity contribution < 1.29 is 23.5 Å². The Morgan fingerprint density at radius 1 is 0.846 bits per heavy atom. The number of amides is 2. The molecular formula is C28H23N6O5+. The van der Waals surface area contributed by atoms with Crippen LogP contribution < -0.4 is 15.1 Å². The van der Waals surface area contributed by atoms with E-state index in [0.29, 0.717) is 41.3 Å². The van der Waals surface area contributed by atoms with Gasteiger partial charge in [0.25, 0.3) is 5.91 Å². The number of nitrogens with zero attached hydrogens (tertiary/aromatic N) is 5. The number of oxazole rings is 1. The summed E-state index contributed by atoms with van der Waals surface area (Å²) >= 11 is 0. The van der Waals surface area contributed by atoms with Gasteiger partial charge in [-0.3, -0.25) is 14.4 Å². The number of benzene rings is 3. The fraction of sp³-hybridized carbons (Fsp3) is 0.143. The molecular weight excluding hydrogens is 500 g/mol. The molecule has 1 saturated heterocycles. The van der Waals surface area contributed by atoms with E-state index in [0.717, 1.165) is 18.8 Å². The number of anilines is 2. The number of hydrogen-bond acceptors (Lipinski definition) is 8. The second-order valence-electron chi connectivity index (χ2n) is 8.52. The van der Waals surface area contributed by atoms with Crippen molar-refractivity contribution in [2.75, 3.05) is 36.5 Å². The number of rotatable bonds is 7. The zero-order chi connectivity index (χ0) is 27.0. The summed E-state index contributed by atoms with van der Waals surface area (Å²) in [5, 5.41) is 10.3. The minimum absolute atomic E-state index is 0.155. The molecule has 1 fully saturated rings. The number of nitrogens with one attached hydrogen (secondary N) is 1. The lowest BCUT2D eigenvalue weighted by Crippen LogP contribution is -2.36. The largest absolute Gasteiger partial charge is 0.451 e. The number of aromatic nitrogens is 1. The van der Waals surface area contributed by atoms with E-state index in [9.17, 15) is 14.4 Å². The Balaban J connectivity index is 1.17. The molecule has 0 atom stereocenters. The molecule has 0 unspecified atom stereocenters. The normalized spacial score (nSPS) is 12.8. The molecule has 0 bridgehead atoms. The summed E-state index contributed by atoms with van der Waals surface area (Å²) in [6.07, 6.45) is 2.41. The van der Waals surface area contributed by atoms with Crippen molar-refractivity contribution >= 4 is 34.7 Å². The summed E-state index contributed by atoms with van der Waals surface area (Å²) in [6.45, 7) is 3.00. The monoisotopic (exact) mass is 523 g/mol. The first-order valence-corrected chi connectivity index (χ1v) is 12.1. The second-order valence-corrected chi connectivity index (χ2v) is 8.52. The zero-order valence-corrected chi connectivity index (χ0v) is 20.7. The maximum Gasteiger partial charge on any atom is 0.360 e. The Kier molecular flexibility index (Phi) is 7.73. The Morgan fingerprint density at radius 3 is 2.13 bits per heavy atom. The van der Waals surface area contributed by atoms with Gasteiger partial charge in [-0.15, -0.1) is 0 Å². The van der Waals surface area contributed by atoms with Crippen LogP contribution in [0, 0.1) is 0 Å². The molecule has 11 nitrogen and oxygen atoms in total. The van der Waals surface area contributed by atoms with E-state index in [4.69, 9.17) is 9.15 Å². The highest BCUT2D eigenvalue weighted by molar-refractivity contribution is 6.09. The van der Waals surface area contributed by atoms with Gasteiger partial charge in [0.1, 0.15) is 6.26 Å². The van der Waals surface area contributed by atoms with Crippen LogP contribution in [-0.4, -0.2) is 48.9 Å². The van der Waals surface area contributed by atoms with Crippen LogP contribution in [0.25, 0.3) is 0 Å². The van der Waals surface area contributed by atoms with Gasteiger partial charge in [-0.05, 0) is 72.8 Å². The highest BCUT2D eigenvalue weighted by Gasteiger charge is 2.15. The van der Waals surface area contributed by atoms with Gasteiger partial charge in [0.2, 0.25) is 10.0 Å². The summed E-state index contributed by atoms with van der Waals surface area (Å²) in [5.41, 5.74) is 3.44. The number of hydrogen-bond donors (Lipinski definition) is 1. The van der Waals surface area contributed by atoms with Gasteiger partial charge in [-0.25, -0.2) is 4.98 Å². The van der Waals surface area contributed by atoms with E-state index in [2.05, 4.69) is 30.3 Å². The van der Waals surface area contributed by atoms with Gasteiger partial charge in [0, 0.05) is 41.2 Å². The summed E-state index contributed by atoms with van der Waals surface area (Å²) < 4.78 is 10.2. The second kappa shape index (κ2) is 11.9. The first-order valence-electron chi connectivity index (χ1n) is 12.1. The number of ketones is 1. The van der Waals surface area contributed by atoms with Crippen molar-refractivity contribution in [3.05, 3.63) is 108 Å². The SMILES string of the molecule is O=C(N=[N+]=Nc1ccc(C(=O)c2ccc(NC(=O)c3cocn3)cc2)cc1)c1ccc(N2CCOCC2)cc1. The third-order valence-electron chi connectivity index (χ3n) is 5.99. The van der Waals surface area contributed by atoms with Crippen molar-refractivity contribution in [2.45, 2.75) is 0 Å². The quantitative estimate of drug-likeness (QED) is 0.214. The smallest absolute Gasteiger partial charge is 0.360 e. The molecule has 2 heterocycles. The van der Waals surface area contributed by atoms with Gasteiger partial charge >= 0.3 is 5.91 Å². The summed E-state index contributed by atoms with van der Waals surface area (Å²) in [4.78, 5) is 46.9. The van der Waals surface area contributed by atoms with Crippen molar-refractivity contribution in [1.82, 2.24) is 9.90 Å². The van der Waals surface area contributed by atoms with Crippen LogP contribution in [0.15, 0.2) is 100 Å². The van der Waals surface area contributed by atoms with Crippen LogP contribution in [-0.2, 0) is 4.74 Å². The maximum absolute atomic E-state index is 12.8. The van der Waals surface area contributed by atoms with Crippen molar-refractivity contribution in [1.29, 1.82) is 0 Å². The Labute approximate surface area is 222 Å². The van der Waals surface area contributed by atoms with Gasteiger partial charge in [0.05, 0.1) is 13.2 Å². The lowest BCUT2D eigenvalue weighted by molar-refractivity contribution is 0.0989. The van der Waals surface area contributed by atoms with E-state index in [1.54, 1.807) is 60.7 Å². The standard InChI is InChI=1S/C28H22N6O5/c35-26(19-1-7-22(8-2-19)30-28(37)25-17-39-18-29-25)20-3-9-23(10-4-20)31-33-32-27(36)21-5-11-24(12-6-21)34-13-15-38-16-14-34/h1-12,17-18H,13-16H2/p+1. The molecule has 5 rings (SSSR count). The summed E-state index contributed by atoms with van der Waals surface area (Å²) in [7, 11) is 0. The van der Waals surface area contributed by atoms with Crippen LogP contribution >= 0.6 is 0 Å². The fourth-order valence-electron chi connectivity index (χ4n) is 3.88. The fourth-order valence-corrected chi connectivity index (χ4v) is 3.88. The number of morpholine rings is 1. The molecule has 0 spiro atoms. The van der Waals surface area contributed by atoms with Crippen LogP contribution in [0.4, 0.5) is 17.1 Å². The molecule has 0 saturated carbocycles. The van der Waals surface area contributed by atoms with E-state index in [-0.39, 0.29) is 11.5 Å². The minimum atomic E-state index is -0.500. The highest BCUT2D eigenvalue weighted by atomic mass is 16.5. The molecule has 39 heavy (non-hydrogen) atoms. The lowest BCUT2D eigenvalue weighted by Gasteiger charge is -2.28. The van der Waals surface area contributed by atoms with Gasteiger partial charge in [-0.2, -0.15) is 0 Å². The molecule has 194 valence electrons. The van der Waals surface area contributed by atoms with Gasteiger partial charge in [0.15, 0.2) is 28.7 Å². The van der Waals surface area contributed by atoms with E-state index in [1.807, 2.05) is 12.1 Å². The first kappa shape index (κ1) is 25.4. The predicted molar refractivity (Wildman–Crippen MR) is 141 cm³/mol. The zero-order valence-electron chi connectivity index (χ0n) is 20.7.